The van der Waals surface area contributed by atoms with Crippen molar-refractivity contribution in [3.63, 3.8) is 0 Å². The maximum absolute atomic E-state index is 11.0. The molecule has 2 rings (SSSR count). The van der Waals surface area contributed by atoms with Crippen molar-refractivity contribution in [1.82, 2.24) is 20.4 Å². The molecule has 1 aromatic carbocycles. The highest BCUT2D eigenvalue weighted by Gasteiger charge is 2.01. The second-order valence-corrected chi connectivity index (χ2v) is 5.04. The lowest BCUT2D eigenvalue weighted by atomic mass is 10.1. The van der Waals surface area contributed by atoms with Gasteiger partial charge in [-0.05, 0) is 30.2 Å². The van der Waals surface area contributed by atoms with Crippen molar-refractivity contribution in [2.45, 2.75) is 19.5 Å². The SMILES string of the molecule is CN=C(NCCCn1cccn1)NCc1ccc(C(N)=O)cc1. The molecule has 0 radical (unpaired) electrons. The summed E-state index contributed by atoms with van der Waals surface area (Å²) in [6, 6.07) is 9.10. The van der Waals surface area contributed by atoms with E-state index >= 15 is 0 Å². The fourth-order valence-corrected chi connectivity index (χ4v) is 2.07. The lowest BCUT2D eigenvalue weighted by Crippen LogP contribution is -2.37. The fraction of sp³-hybridized carbons (Fsp3) is 0.312. The first-order valence-corrected chi connectivity index (χ1v) is 7.49. The zero-order chi connectivity index (χ0) is 16.5. The number of primary amides is 1. The molecule has 1 amide bonds. The van der Waals surface area contributed by atoms with Crippen molar-refractivity contribution in [1.29, 1.82) is 0 Å². The third-order valence-corrected chi connectivity index (χ3v) is 3.34. The maximum Gasteiger partial charge on any atom is 0.248 e. The Balaban J connectivity index is 1.71. The number of aliphatic imine (C=N–C) groups is 1. The van der Waals surface area contributed by atoms with Gasteiger partial charge >= 0.3 is 0 Å². The number of hydrogen-bond donors (Lipinski definition) is 3. The van der Waals surface area contributed by atoms with Gasteiger partial charge < -0.3 is 16.4 Å². The van der Waals surface area contributed by atoms with Crippen LogP contribution in [0.3, 0.4) is 0 Å². The molecule has 0 saturated heterocycles. The third-order valence-electron chi connectivity index (χ3n) is 3.34. The summed E-state index contributed by atoms with van der Waals surface area (Å²) in [6.45, 7) is 2.30. The van der Waals surface area contributed by atoms with Crippen molar-refractivity contribution < 1.29 is 4.79 Å². The minimum Gasteiger partial charge on any atom is -0.366 e. The van der Waals surface area contributed by atoms with Gasteiger partial charge in [0, 0.05) is 44.6 Å². The van der Waals surface area contributed by atoms with Gasteiger partial charge in [-0.25, -0.2) is 0 Å². The molecular formula is C16H22N6O. The molecule has 0 fully saturated rings. The van der Waals surface area contributed by atoms with Crippen LogP contribution in [-0.2, 0) is 13.1 Å². The van der Waals surface area contributed by atoms with E-state index in [1.165, 1.54) is 0 Å². The van der Waals surface area contributed by atoms with Crippen LogP contribution in [0.1, 0.15) is 22.3 Å². The van der Waals surface area contributed by atoms with Crippen LogP contribution in [0, 0.1) is 0 Å². The Kier molecular flexibility index (Phi) is 6.17. The molecule has 0 unspecified atom stereocenters. The van der Waals surface area contributed by atoms with Gasteiger partial charge in [-0.1, -0.05) is 12.1 Å². The first kappa shape index (κ1) is 16.5. The van der Waals surface area contributed by atoms with E-state index in [4.69, 9.17) is 5.73 Å². The van der Waals surface area contributed by atoms with Crippen LogP contribution in [0.4, 0.5) is 0 Å². The van der Waals surface area contributed by atoms with Crippen molar-refractivity contribution in [2.24, 2.45) is 10.7 Å². The zero-order valence-electron chi connectivity index (χ0n) is 13.2. The Labute approximate surface area is 135 Å². The average molecular weight is 314 g/mol. The number of benzene rings is 1. The summed E-state index contributed by atoms with van der Waals surface area (Å²) in [7, 11) is 1.74. The summed E-state index contributed by atoms with van der Waals surface area (Å²) in [4.78, 5) is 15.2. The molecule has 0 aliphatic heterocycles. The zero-order valence-corrected chi connectivity index (χ0v) is 13.2. The molecule has 7 nitrogen and oxygen atoms in total. The molecule has 0 bridgehead atoms. The minimum absolute atomic E-state index is 0.417. The molecule has 23 heavy (non-hydrogen) atoms. The summed E-state index contributed by atoms with van der Waals surface area (Å²) in [6.07, 6.45) is 4.68. The van der Waals surface area contributed by atoms with Crippen molar-refractivity contribution in [3.05, 3.63) is 53.9 Å². The Morgan fingerprint density at radius 2 is 2.09 bits per heavy atom. The summed E-state index contributed by atoms with van der Waals surface area (Å²) in [5.74, 6) is 0.323. The van der Waals surface area contributed by atoms with E-state index in [2.05, 4.69) is 20.7 Å². The number of carbonyl (C=O) groups excluding carboxylic acids is 1. The molecule has 1 heterocycles. The second-order valence-electron chi connectivity index (χ2n) is 5.04. The van der Waals surface area contributed by atoms with Crippen LogP contribution in [0.2, 0.25) is 0 Å². The molecule has 4 N–H and O–H groups in total. The Morgan fingerprint density at radius 1 is 1.30 bits per heavy atom. The quantitative estimate of drug-likeness (QED) is 0.399. The Bertz CT molecular complexity index is 633. The summed E-state index contributed by atoms with van der Waals surface area (Å²) < 4.78 is 1.90. The van der Waals surface area contributed by atoms with Crippen LogP contribution in [0.15, 0.2) is 47.7 Å². The lowest BCUT2D eigenvalue weighted by Gasteiger charge is -2.12. The predicted molar refractivity (Wildman–Crippen MR) is 90.0 cm³/mol. The van der Waals surface area contributed by atoms with E-state index in [0.717, 1.165) is 31.0 Å². The van der Waals surface area contributed by atoms with Gasteiger partial charge in [-0.15, -0.1) is 0 Å². The summed E-state index contributed by atoms with van der Waals surface area (Å²) >= 11 is 0. The maximum atomic E-state index is 11.0. The highest BCUT2D eigenvalue weighted by atomic mass is 16.1. The molecule has 0 saturated carbocycles. The normalized spacial score (nSPS) is 11.3. The third kappa shape index (κ3) is 5.46. The van der Waals surface area contributed by atoms with E-state index in [9.17, 15) is 4.79 Å². The van der Waals surface area contributed by atoms with E-state index in [1.807, 2.05) is 29.1 Å². The second kappa shape index (κ2) is 8.57. The molecule has 0 spiro atoms. The molecular weight excluding hydrogens is 292 g/mol. The molecule has 0 aliphatic rings. The first-order valence-electron chi connectivity index (χ1n) is 7.49. The molecule has 7 heteroatoms. The molecule has 0 aliphatic carbocycles. The number of hydrogen-bond acceptors (Lipinski definition) is 3. The van der Waals surface area contributed by atoms with E-state index in [-0.39, 0.29) is 0 Å². The van der Waals surface area contributed by atoms with Gasteiger partial charge in [-0.3, -0.25) is 14.5 Å². The number of aromatic nitrogens is 2. The fourth-order valence-electron chi connectivity index (χ4n) is 2.07. The lowest BCUT2D eigenvalue weighted by molar-refractivity contribution is 0.100. The monoisotopic (exact) mass is 314 g/mol. The number of nitrogens with two attached hydrogens (primary N) is 1. The van der Waals surface area contributed by atoms with Gasteiger partial charge in [0.05, 0.1) is 0 Å². The smallest absolute Gasteiger partial charge is 0.248 e. The largest absolute Gasteiger partial charge is 0.366 e. The number of rotatable bonds is 7. The summed E-state index contributed by atoms with van der Waals surface area (Å²) in [5.41, 5.74) is 6.78. The van der Waals surface area contributed by atoms with Crippen molar-refractivity contribution in [3.8, 4) is 0 Å². The van der Waals surface area contributed by atoms with Crippen LogP contribution < -0.4 is 16.4 Å². The summed E-state index contributed by atoms with van der Waals surface area (Å²) in [5, 5.41) is 10.6. The van der Waals surface area contributed by atoms with Gasteiger partial charge in [0.1, 0.15) is 0 Å². The standard InChI is InChI=1S/C16H22N6O/c1-18-16(19-8-2-10-22-11-3-9-21-22)20-12-13-4-6-14(7-5-13)15(17)23/h3-7,9,11H,2,8,10,12H2,1H3,(H2,17,23)(H2,18,19,20). The Morgan fingerprint density at radius 3 is 2.70 bits per heavy atom. The number of nitrogens with zero attached hydrogens (tertiary/aromatic N) is 3. The van der Waals surface area contributed by atoms with Crippen LogP contribution in [0.5, 0.6) is 0 Å². The molecule has 1 aromatic heterocycles. The van der Waals surface area contributed by atoms with E-state index in [1.54, 1.807) is 25.4 Å². The first-order chi connectivity index (χ1) is 11.2. The highest BCUT2D eigenvalue weighted by Crippen LogP contribution is 2.03. The van der Waals surface area contributed by atoms with E-state index < -0.39 is 5.91 Å². The van der Waals surface area contributed by atoms with E-state index in [0.29, 0.717) is 12.1 Å². The van der Waals surface area contributed by atoms with Crippen molar-refractivity contribution >= 4 is 11.9 Å². The predicted octanol–water partition coefficient (Wildman–Crippen LogP) is 0.737. The van der Waals surface area contributed by atoms with Crippen LogP contribution in [-0.4, -0.2) is 35.2 Å². The Hall–Kier alpha value is -2.83. The van der Waals surface area contributed by atoms with Crippen LogP contribution in [0.25, 0.3) is 0 Å². The number of aryl methyl sites for hydroxylation is 1. The number of guanidine groups is 1. The number of carbonyl (C=O) groups is 1. The number of amides is 1. The van der Waals surface area contributed by atoms with Gasteiger partial charge in [0.25, 0.3) is 0 Å². The molecule has 2 aromatic rings. The molecule has 122 valence electrons. The average Bonchev–Trinajstić information content (AvgIpc) is 3.08. The van der Waals surface area contributed by atoms with Crippen LogP contribution >= 0.6 is 0 Å². The molecule has 0 atom stereocenters. The minimum atomic E-state index is -0.417. The van der Waals surface area contributed by atoms with Gasteiger partial charge in [-0.2, -0.15) is 5.10 Å². The number of nitrogens with one attached hydrogen (secondary N) is 2. The van der Waals surface area contributed by atoms with Crippen molar-refractivity contribution in [2.75, 3.05) is 13.6 Å². The topological polar surface area (TPSA) is 97.3 Å². The highest BCUT2D eigenvalue weighted by molar-refractivity contribution is 5.92. The van der Waals surface area contributed by atoms with Gasteiger partial charge in [0.2, 0.25) is 5.91 Å². The van der Waals surface area contributed by atoms with Gasteiger partial charge in [0.15, 0.2) is 5.96 Å².